The van der Waals surface area contributed by atoms with Gasteiger partial charge in [0.1, 0.15) is 9.84 Å². The molecular weight excluding hydrogens is 328 g/mol. The van der Waals surface area contributed by atoms with E-state index in [1.165, 1.54) is 0 Å². The third-order valence-electron chi connectivity index (χ3n) is 6.05. The van der Waals surface area contributed by atoms with E-state index in [1.807, 2.05) is 6.07 Å². The highest BCUT2D eigenvalue weighted by atomic mass is 32.2. The molecule has 1 N–H and O–H groups in total. The number of aromatic nitrogens is 1. The Kier molecular flexibility index (Phi) is 4.05. The number of nitrogens with zero attached hydrogens (tertiary/aromatic N) is 2. The Labute approximate surface area is 142 Å². The summed E-state index contributed by atoms with van der Waals surface area (Å²) in [5.74, 6) is 1.10. The molecule has 0 aliphatic carbocycles. The van der Waals surface area contributed by atoms with E-state index in [4.69, 9.17) is 0 Å². The van der Waals surface area contributed by atoms with Crippen LogP contribution in [-0.4, -0.2) is 60.2 Å². The van der Waals surface area contributed by atoms with E-state index in [0.29, 0.717) is 24.8 Å². The minimum atomic E-state index is -2.85. The molecule has 4 heterocycles. The third kappa shape index (κ3) is 2.72. The van der Waals surface area contributed by atoms with Crippen LogP contribution in [-0.2, 0) is 9.84 Å². The SMILES string of the molecule is O=c1cccc2n1[C@@H](CO)[C@H]1C[C@@H]2CN(C2CCS(=O)(=O)CC2)C1. The van der Waals surface area contributed by atoms with Gasteiger partial charge in [0.2, 0.25) is 0 Å². The Morgan fingerprint density at radius 1 is 1.17 bits per heavy atom. The first-order valence-corrected chi connectivity index (χ1v) is 10.6. The van der Waals surface area contributed by atoms with Crippen molar-refractivity contribution in [2.75, 3.05) is 31.2 Å². The minimum absolute atomic E-state index is 0.0266. The van der Waals surface area contributed by atoms with Crippen LogP contribution in [0.2, 0.25) is 0 Å². The highest BCUT2D eigenvalue weighted by molar-refractivity contribution is 7.91. The van der Waals surface area contributed by atoms with Crippen LogP contribution in [0.1, 0.15) is 36.9 Å². The van der Waals surface area contributed by atoms with Crippen molar-refractivity contribution in [2.24, 2.45) is 5.92 Å². The highest BCUT2D eigenvalue weighted by Crippen LogP contribution is 2.42. The van der Waals surface area contributed by atoms with E-state index < -0.39 is 9.84 Å². The van der Waals surface area contributed by atoms with Gasteiger partial charge in [-0.1, -0.05) is 6.07 Å². The van der Waals surface area contributed by atoms with Crippen LogP contribution in [0.5, 0.6) is 0 Å². The molecule has 0 unspecified atom stereocenters. The second-order valence-corrected chi connectivity index (χ2v) is 9.74. The molecule has 2 saturated heterocycles. The van der Waals surface area contributed by atoms with Crippen molar-refractivity contribution < 1.29 is 13.5 Å². The second kappa shape index (κ2) is 5.97. The Morgan fingerprint density at radius 3 is 2.62 bits per heavy atom. The summed E-state index contributed by atoms with van der Waals surface area (Å²) in [6, 6.07) is 5.51. The Balaban J connectivity index is 1.62. The van der Waals surface area contributed by atoms with Crippen LogP contribution in [0.3, 0.4) is 0 Å². The summed E-state index contributed by atoms with van der Waals surface area (Å²) in [7, 11) is -2.85. The number of pyridine rings is 1. The molecule has 3 aliphatic heterocycles. The summed E-state index contributed by atoms with van der Waals surface area (Å²) in [6.07, 6.45) is 2.40. The second-order valence-electron chi connectivity index (χ2n) is 7.44. The van der Waals surface area contributed by atoms with E-state index in [0.717, 1.165) is 25.2 Å². The van der Waals surface area contributed by atoms with Gasteiger partial charge in [0, 0.05) is 36.8 Å². The maximum absolute atomic E-state index is 12.3. The van der Waals surface area contributed by atoms with Crippen LogP contribution in [0.4, 0.5) is 0 Å². The van der Waals surface area contributed by atoms with Crippen LogP contribution >= 0.6 is 0 Å². The topological polar surface area (TPSA) is 79.6 Å². The van der Waals surface area contributed by atoms with Gasteiger partial charge < -0.3 is 9.67 Å². The molecule has 24 heavy (non-hydrogen) atoms. The van der Waals surface area contributed by atoms with Gasteiger partial charge in [0.15, 0.2) is 0 Å². The first-order valence-electron chi connectivity index (χ1n) is 8.75. The molecule has 2 bridgehead atoms. The minimum Gasteiger partial charge on any atom is -0.394 e. The van der Waals surface area contributed by atoms with Crippen molar-refractivity contribution >= 4 is 9.84 Å². The Hall–Kier alpha value is -1.18. The van der Waals surface area contributed by atoms with Crippen molar-refractivity contribution in [1.82, 2.24) is 9.47 Å². The van der Waals surface area contributed by atoms with E-state index in [-0.39, 0.29) is 35.6 Å². The van der Waals surface area contributed by atoms with Gasteiger partial charge in [-0.3, -0.25) is 9.69 Å². The normalized spacial score (nSPS) is 33.1. The maximum atomic E-state index is 12.3. The lowest BCUT2D eigenvalue weighted by molar-refractivity contribution is 0.0364. The lowest BCUT2D eigenvalue weighted by Gasteiger charge is -2.49. The van der Waals surface area contributed by atoms with Crippen molar-refractivity contribution in [1.29, 1.82) is 0 Å². The lowest BCUT2D eigenvalue weighted by atomic mass is 9.78. The van der Waals surface area contributed by atoms with Crippen molar-refractivity contribution in [3.63, 3.8) is 0 Å². The van der Waals surface area contributed by atoms with E-state index >= 15 is 0 Å². The largest absolute Gasteiger partial charge is 0.394 e. The van der Waals surface area contributed by atoms with Crippen LogP contribution in [0.15, 0.2) is 23.0 Å². The van der Waals surface area contributed by atoms with Crippen LogP contribution in [0.25, 0.3) is 0 Å². The number of fused-ring (bicyclic) bond motifs is 4. The average Bonchev–Trinajstić information content (AvgIpc) is 2.56. The van der Waals surface area contributed by atoms with Crippen molar-refractivity contribution in [2.45, 2.75) is 37.3 Å². The van der Waals surface area contributed by atoms with Crippen LogP contribution in [0, 0.1) is 5.92 Å². The molecule has 3 atom stereocenters. The quantitative estimate of drug-likeness (QED) is 0.832. The highest BCUT2D eigenvalue weighted by Gasteiger charge is 2.42. The van der Waals surface area contributed by atoms with E-state index in [9.17, 15) is 18.3 Å². The van der Waals surface area contributed by atoms with Crippen molar-refractivity contribution in [3.05, 3.63) is 34.2 Å². The molecule has 1 aromatic rings. The van der Waals surface area contributed by atoms with Crippen molar-refractivity contribution in [3.8, 4) is 0 Å². The van der Waals surface area contributed by atoms with Gasteiger partial charge in [-0.25, -0.2) is 8.42 Å². The molecule has 132 valence electrons. The summed E-state index contributed by atoms with van der Waals surface area (Å²) >= 11 is 0. The number of aliphatic hydroxyl groups excluding tert-OH is 1. The number of hydrogen-bond acceptors (Lipinski definition) is 5. The predicted octanol–water partition coefficient (Wildman–Crippen LogP) is 0.378. The first kappa shape index (κ1) is 16.3. The molecule has 0 radical (unpaired) electrons. The molecular formula is C17H24N2O4S. The first-order chi connectivity index (χ1) is 11.5. The van der Waals surface area contributed by atoms with Gasteiger partial charge in [-0.2, -0.15) is 0 Å². The molecule has 4 rings (SSSR count). The smallest absolute Gasteiger partial charge is 0.251 e. The molecule has 3 aliphatic rings. The molecule has 1 aromatic heterocycles. The molecule has 6 nitrogen and oxygen atoms in total. The monoisotopic (exact) mass is 352 g/mol. The van der Waals surface area contributed by atoms with E-state index in [2.05, 4.69) is 4.90 Å². The lowest BCUT2D eigenvalue weighted by Crippen LogP contribution is -2.54. The van der Waals surface area contributed by atoms with E-state index in [1.54, 1.807) is 16.7 Å². The fraction of sp³-hybridized carbons (Fsp3) is 0.706. The molecule has 2 fully saturated rings. The Morgan fingerprint density at radius 2 is 1.92 bits per heavy atom. The molecule has 7 heteroatoms. The zero-order valence-electron chi connectivity index (χ0n) is 13.7. The van der Waals surface area contributed by atoms with Gasteiger partial charge in [0.05, 0.1) is 24.2 Å². The Bertz CT molecular complexity index is 774. The number of sulfone groups is 1. The number of likely N-dealkylation sites (tertiary alicyclic amines) is 1. The van der Waals surface area contributed by atoms with Gasteiger partial charge in [0.25, 0.3) is 5.56 Å². The number of piperidine rings is 1. The van der Waals surface area contributed by atoms with Gasteiger partial charge in [-0.05, 0) is 31.2 Å². The molecule has 0 amide bonds. The predicted molar refractivity (Wildman–Crippen MR) is 90.9 cm³/mol. The van der Waals surface area contributed by atoms with Crippen LogP contribution < -0.4 is 5.56 Å². The standard InChI is InChI=1S/C17H24N2O4S/c20-11-16-13-8-12(15-2-1-3-17(21)19(15)16)9-18(10-13)14-4-6-24(22,23)7-5-14/h1-3,12-14,16,20H,4-11H2/t12-,13+,16+/m1/s1. The maximum Gasteiger partial charge on any atom is 0.251 e. The van der Waals surface area contributed by atoms with Gasteiger partial charge in [-0.15, -0.1) is 0 Å². The summed E-state index contributed by atoms with van der Waals surface area (Å²) in [5.41, 5.74) is 0.990. The van der Waals surface area contributed by atoms with Gasteiger partial charge >= 0.3 is 0 Å². The third-order valence-corrected chi connectivity index (χ3v) is 7.77. The fourth-order valence-electron chi connectivity index (χ4n) is 4.85. The summed E-state index contributed by atoms with van der Waals surface area (Å²) < 4.78 is 25.2. The fourth-order valence-corrected chi connectivity index (χ4v) is 6.32. The summed E-state index contributed by atoms with van der Waals surface area (Å²) in [5, 5.41) is 9.88. The molecule has 0 saturated carbocycles. The number of aliphatic hydroxyl groups is 1. The average molecular weight is 352 g/mol. The summed E-state index contributed by atoms with van der Waals surface area (Å²) in [4.78, 5) is 14.7. The zero-order valence-corrected chi connectivity index (χ0v) is 14.5. The summed E-state index contributed by atoms with van der Waals surface area (Å²) in [6.45, 7) is 1.69. The molecule has 0 spiro atoms. The number of hydrogen-bond donors (Lipinski definition) is 1. The zero-order chi connectivity index (χ0) is 16.9. The molecule has 0 aromatic carbocycles. The number of rotatable bonds is 2.